The standard InChI is InChI=1S/C52H39N4O.Pt/c1-52(2,3)55-35-54(47-26-12-13-27-48(47)55)39-20-14-21-40(33-39)57-41-28-29-45-44-22-10-11-25-46(44)56(49(45)34-41)50-32-38(30-31-53-50)51-42(36-16-6-4-7-17-36)23-15-24-43(51)37-18-8-5-9-19-37;/h4-32,35H,1-3H3;/q-1;. The Morgan fingerprint density at radius 2 is 1.17 bits per heavy atom. The second-order valence-corrected chi connectivity index (χ2v) is 15.3. The number of benzene rings is 7. The van der Waals surface area contributed by atoms with E-state index < -0.39 is 0 Å². The van der Waals surface area contributed by atoms with Crippen molar-refractivity contribution >= 4 is 32.8 Å². The van der Waals surface area contributed by atoms with Gasteiger partial charge in [-0.25, -0.2) is 14.1 Å². The zero-order chi connectivity index (χ0) is 38.5. The molecule has 5 nitrogen and oxygen atoms in total. The van der Waals surface area contributed by atoms with Crippen LogP contribution in [-0.2, 0) is 26.6 Å². The molecule has 0 aliphatic carbocycles. The van der Waals surface area contributed by atoms with E-state index in [1.165, 1.54) is 0 Å². The molecule has 0 aliphatic rings. The van der Waals surface area contributed by atoms with E-state index >= 15 is 0 Å². The third-order valence-electron chi connectivity index (χ3n) is 10.6. The first-order valence-corrected chi connectivity index (χ1v) is 19.3. The van der Waals surface area contributed by atoms with Crippen molar-refractivity contribution in [3.63, 3.8) is 0 Å². The number of pyridine rings is 1. The van der Waals surface area contributed by atoms with Crippen molar-refractivity contribution in [3.8, 4) is 56.4 Å². The maximum atomic E-state index is 6.58. The SMILES string of the molecule is CC(C)(C)n1[cH+]n(-c2[c-]c(Oc3[c-]c4c(cc3)c3ccccc3n4-c3cc(-c4c(-c5ccccc5)cccc4-c4ccccc4)ccn3)ccc2)c2ccccc21.[Pt]. The molecule has 0 saturated heterocycles. The topological polar surface area (TPSA) is 36.9 Å². The van der Waals surface area contributed by atoms with Gasteiger partial charge in [0.15, 0.2) is 17.4 Å². The molecule has 0 unspecified atom stereocenters. The van der Waals surface area contributed by atoms with Gasteiger partial charge in [-0.1, -0.05) is 109 Å². The summed E-state index contributed by atoms with van der Waals surface area (Å²) in [5.74, 6) is 2.00. The number of nitrogens with zero attached hydrogens (tertiary/aromatic N) is 4. The van der Waals surface area contributed by atoms with Crippen molar-refractivity contribution in [3.05, 3.63) is 195 Å². The molecule has 0 bridgehead atoms. The monoisotopic (exact) mass is 930 g/mol. The smallest absolute Gasteiger partial charge is 0.188 e. The van der Waals surface area contributed by atoms with Crippen molar-refractivity contribution in [2.75, 3.05) is 0 Å². The molecule has 0 fully saturated rings. The molecule has 58 heavy (non-hydrogen) atoms. The van der Waals surface area contributed by atoms with Gasteiger partial charge in [-0.3, -0.25) is 0 Å². The fourth-order valence-electron chi connectivity index (χ4n) is 8.04. The van der Waals surface area contributed by atoms with Gasteiger partial charge < -0.3 is 9.30 Å². The van der Waals surface area contributed by atoms with E-state index in [1.54, 1.807) is 0 Å². The molecule has 6 heteroatoms. The largest absolute Gasteiger partial charge is 0.508 e. The van der Waals surface area contributed by atoms with Crippen LogP contribution >= 0.6 is 0 Å². The Kier molecular flexibility index (Phi) is 9.63. The maximum Gasteiger partial charge on any atom is 0.188 e. The minimum absolute atomic E-state index is 0. The fourth-order valence-corrected chi connectivity index (χ4v) is 8.04. The maximum absolute atomic E-state index is 6.58. The zero-order valence-corrected chi connectivity index (χ0v) is 34.6. The van der Waals surface area contributed by atoms with Crippen LogP contribution in [0.15, 0.2) is 182 Å². The summed E-state index contributed by atoms with van der Waals surface area (Å²) in [6.07, 6.45) is 4.07. The summed E-state index contributed by atoms with van der Waals surface area (Å²) in [4.78, 5) is 5.01. The Hall–Kier alpha value is -6.55. The van der Waals surface area contributed by atoms with E-state index in [-0.39, 0.29) is 26.6 Å². The van der Waals surface area contributed by atoms with Crippen LogP contribution in [0, 0.1) is 12.1 Å². The fraction of sp³-hybridized carbons (Fsp3) is 0.0769. The van der Waals surface area contributed by atoms with Gasteiger partial charge in [-0.05, 0) is 89.9 Å². The van der Waals surface area contributed by atoms with Gasteiger partial charge in [0.1, 0.15) is 5.82 Å². The summed E-state index contributed by atoms with van der Waals surface area (Å²) in [6.45, 7) is 6.65. The molecule has 0 N–H and O–H groups in total. The molecule has 0 spiro atoms. The summed E-state index contributed by atoms with van der Waals surface area (Å²) in [6, 6.07) is 66.3. The molecule has 0 radical (unpaired) electrons. The Morgan fingerprint density at radius 1 is 0.552 bits per heavy atom. The summed E-state index contributed by atoms with van der Waals surface area (Å²) in [7, 11) is 0. The normalized spacial score (nSPS) is 11.6. The van der Waals surface area contributed by atoms with Crippen LogP contribution in [0.2, 0.25) is 0 Å². The number of ether oxygens (including phenoxy) is 1. The van der Waals surface area contributed by atoms with Crippen LogP contribution < -0.4 is 4.74 Å². The summed E-state index contributed by atoms with van der Waals surface area (Å²) in [5, 5.41) is 2.19. The summed E-state index contributed by atoms with van der Waals surface area (Å²) in [5.41, 5.74) is 11.9. The Morgan fingerprint density at radius 3 is 1.88 bits per heavy atom. The average Bonchev–Trinajstić information content (AvgIpc) is 3.81. The number of aromatic nitrogens is 4. The molecule has 10 rings (SSSR count). The van der Waals surface area contributed by atoms with E-state index in [0.29, 0.717) is 11.5 Å². The number of para-hydroxylation sites is 3. The molecule has 284 valence electrons. The molecule has 3 aromatic heterocycles. The predicted octanol–water partition coefficient (Wildman–Crippen LogP) is 13.4. The van der Waals surface area contributed by atoms with Gasteiger partial charge in [0.25, 0.3) is 0 Å². The molecule has 10 aromatic rings. The molecule has 0 aliphatic heterocycles. The first kappa shape index (κ1) is 37.0. The van der Waals surface area contributed by atoms with Crippen LogP contribution in [0.1, 0.15) is 20.8 Å². The third kappa shape index (κ3) is 6.62. The molecule has 3 heterocycles. The van der Waals surface area contributed by atoms with E-state index in [0.717, 1.165) is 77.7 Å². The van der Waals surface area contributed by atoms with Crippen molar-refractivity contribution in [1.29, 1.82) is 0 Å². The van der Waals surface area contributed by atoms with Crippen LogP contribution in [0.3, 0.4) is 0 Å². The second kappa shape index (κ2) is 15.1. The minimum atomic E-state index is -0.0916. The van der Waals surface area contributed by atoms with E-state index in [1.807, 2.05) is 24.4 Å². The minimum Gasteiger partial charge on any atom is -0.508 e. The molecular formula is C52H39N4OPt-. The predicted molar refractivity (Wildman–Crippen MR) is 233 cm³/mol. The van der Waals surface area contributed by atoms with Gasteiger partial charge in [0.05, 0.1) is 5.54 Å². The second-order valence-electron chi connectivity index (χ2n) is 15.3. The zero-order valence-electron chi connectivity index (χ0n) is 32.3. The van der Waals surface area contributed by atoms with Crippen LogP contribution in [0.5, 0.6) is 11.5 Å². The van der Waals surface area contributed by atoms with Gasteiger partial charge in [-0.15, -0.1) is 29.7 Å². The molecule has 0 saturated carbocycles. The van der Waals surface area contributed by atoms with E-state index in [9.17, 15) is 0 Å². The van der Waals surface area contributed by atoms with E-state index in [4.69, 9.17) is 9.72 Å². The molecular weight excluding hydrogens is 892 g/mol. The van der Waals surface area contributed by atoms with Crippen molar-refractivity contribution in [1.82, 2.24) is 18.7 Å². The van der Waals surface area contributed by atoms with Gasteiger partial charge in [0, 0.05) is 62.1 Å². The quantitative estimate of drug-likeness (QED) is 0.149. The summed E-state index contributed by atoms with van der Waals surface area (Å²) < 4.78 is 13.3. The number of hydrogen-bond acceptors (Lipinski definition) is 2. The van der Waals surface area contributed by atoms with Crippen molar-refractivity contribution < 1.29 is 25.8 Å². The first-order valence-electron chi connectivity index (χ1n) is 19.3. The van der Waals surface area contributed by atoms with Crippen LogP contribution in [0.4, 0.5) is 0 Å². The third-order valence-corrected chi connectivity index (χ3v) is 10.6. The van der Waals surface area contributed by atoms with Crippen LogP contribution in [-0.4, -0.2) is 18.7 Å². The Labute approximate surface area is 352 Å². The number of imidazole rings is 1. The molecule has 7 aromatic carbocycles. The Balaban J connectivity index is 0.00000436. The molecule has 0 atom stereocenters. The summed E-state index contributed by atoms with van der Waals surface area (Å²) >= 11 is 0. The van der Waals surface area contributed by atoms with Crippen molar-refractivity contribution in [2.24, 2.45) is 0 Å². The van der Waals surface area contributed by atoms with Gasteiger partial charge >= 0.3 is 0 Å². The van der Waals surface area contributed by atoms with E-state index in [2.05, 4.69) is 205 Å². The van der Waals surface area contributed by atoms with Gasteiger partial charge in [0.2, 0.25) is 0 Å². The number of fused-ring (bicyclic) bond motifs is 4. The van der Waals surface area contributed by atoms with Crippen LogP contribution in [0.25, 0.3) is 77.7 Å². The Bertz CT molecular complexity index is 3030. The molecule has 0 amide bonds. The average molecular weight is 931 g/mol. The van der Waals surface area contributed by atoms with Crippen molar-refractivity contribution in [2.45, 2.75) is 26.3 Å². The number of rotatable bonds is 7. The van der Waals surface area contributed by atoms with Gasteiger partial charge in [-0.2, -0.15) is 12.1 Å². The number of hydrogen-bond donors (Lipinski definition) is 0. The first-order chi connectivity index (χ1) is 27.9.